The van der Waals surface area contributed by atoms with Crippen LogP contribution in [0.5, 0.6) is 0 Å². The van der Waals surface area contributed by atoms with Crippen LogP contribution < -0.4 is 0 Å². The van der Waals surface area contributed by atoms with Gasteiger partial charge in [0.15, 0.2) is 0 Å². The molecule has 1 saturated heterocycles. The van der Waals surface area contributed by atoms with E-state index in [9.17, 15) is 9.59 Å². The van der Waals surface area contributed by atoms with Crippen LogP contribution in [-0.4, -0.2) is 72.7 Å². The maximum absolute atomic E-state index is 12.8. The summed E-state index contributed by atoms with van der Waals surface area (Å²) in [6.45, 7) is 3.76. The highest BCUT2D eigenvalue weighted by Gasteiger charge is 2.51. The van der Waals surface area contributed by atoms with E-state index in [1.807, 2.05) is 16.7 Å². The molecule has 6 nitrogen and oxygen atoms in total. The molecule has 1 atom stereocenters. The first-order valence-electron chi connectivity index (χ1n) is 8.69. The molecule has 1 aliphatic heterocycles. The average molecular weight is 324 g/mol. The molecular weight excluding hydrogens is 296 g/mol. The van der Waals surface area contributed by atoms with Gasteiger partial charge in [0.05, 0.1) is 0 Å². The molecule has 0 aromatic carbocycles. The first-order chi connectivity index (χ1) is 11.0. The van der Waals surface area contributed by atoms with Gasteiger partial charge in [0.2, 0.25) is 0 Å². The SMILES string of the molecule is COC1(C(=O)N2CCN(C(=O)C3(OC)CCC3)[C@@H](C)C2)CCC1. The van der Waals surface area contributed by atoms with E-state index in [1.165, 1.54) is 0 Å². The van der Waals surface area contributed by atoms with Crippen molar-refractivity contribution in [2.45, 2.75) is 62.7 Å². The molecule has 130 valence electrons. The predicted octanol–water partition coefficient (Wildman–Crippen LogP) is 1.18. The second kappa shape index (κ2) is 6.06. The highest BCUT2D eigenvalue weighted by atomic mass is 16.5. The smallest absolute Gasteiger partial charge is 0.255 e. The van der Waals surface area contributed by atoms with E-state index >= 15 is 0 Å². The van der Waals surface area contributed by atoms with E-state index in [4.69, 9.17) is 9.47 Å². The first-order valence-corrected chi connectivity index (χ1v) is 8.69. The van der Waals surface area contributed by atoms with Crippen LogP contribution in [0, 0.1) is 0 Å². The summed E-state index contributed by atoms with van der Waals surface area (Å²) in [5.41, 5.74) is -1.21. The lowest BCUT2D eigenvalue weighted by atomic mass is 9.78. The van der Waals surface area contributed by atoms with Crippen molar-refractivity contribution in [3.63, 3.8) is 0 Å². The zero-order valence-corrected chi connectivity index (χ0v) is 14.5. The number of carbonyl (C=O) groups is 2. The van der Waals surface area contributed by atoms with E-state index in [-0.39, 0.29) is 17.9 Å². The molecule has 2 amide bonds. The Morgan fingerprint density at radius 3 is 1.83 bits per heavy atom. The lowest BCUT2D eigenvalue weighted by Crippen LogP contribution is -2.65. The molecule has 0 aromatic heterocycles. The minimum absolute atomic E-state index is 0.0156. The van der Waals surface area contributed by atoms with Gasteiger partial charge in [-0.1, -0.05) is 0 Å². The highest BCUT2D eigenvalue weighted by molar-refractivity contribution is 5.88. The number of amides is 2. The fraction of sp³-hybridized carbons (Fsp3) is 0.882. The summed E-state index contributed by atoms with van der Waals surface area (Å²) in [5, 5.41) is 0. The van der Waals surface area contributed by atoms with Gasteiger partial charge in [0.1, 0.15) is 11.2 Å². The van der Waals surface area contributed by atoms with Crippen LogP contribution in [0.25, 0.3) is 0 Å². The summed E-state index contributed by atoms with van der Waals surface area (Å²) in [6.07, 6.45) is 5.32. The number of methoxy groups -OCH3 is 2. The third-order valence-electron chi connectivity index (χ3n) is 6.06. The summed E-state index contributed by atoms with van der Waals surface area (Å²) in [5.74, 6) is 0.186. The second-order valence-electron chi connectivity index (χ2n) is 7.20. The van der Waals surface area contributed by atoms with Crippen LogP contribution in [0.1, 0.15) is 45.4 Å². The summed E-state index contributed by atoms with van der Waals surface area (Å²) in [4.78, 5) is 29.3. The monoisotopic (exact) mass is 324 g/mol. The Morgan fingerprint density at radius 1 is 0.913 bits per heavy atom. The van der Waals surface area contributed by atoms with Gasteiger partial charge in [0.25, 0.3) is 11.8 Å². The number of hydrogen-bond acceptors (Lipinski definition) is 4. The number of nitrogens with zero attached hydrogens (tertiary/aromatic N) is 2. The third-order valence-corrected chi connectivity index (χ3v) is 6.06. The highest BCUT2D eigenvalue weighted by Crippen LogP contribution is 2.39. The van der Waals surface area contributed by atoms with Crippen molar-refractivity contribution in [1.29, 1.82) is 0 Å². The molecule has 3 aliphatic rings. The molecule has 0 radical (unpaired) electrons. The third kappa shape index (κ3) is 2.56. The number of rotatable bonds is 4. The fourth-order valence-electron chi connectivity index (χ4n) is 4.00. The van der Waals surface area contributed by atoms with E-state index < -0.39 is 11.2 Å². The summed E-state index contributed by atoms with van der Waals surface area (Å²) >= 11 is 0. The van der Waals surface area contributed by atoms with E-state index in [0.29, 0.717) is 19.6 Å². The lowest BCUT2D eigenvalue weighted by Gasteiger charge is -2.49. The van der Waals surface area contributed by atoms with Crippen molar-refractivity contribution in [3.05, 3.63) is 0 Å². The van der Waals surface area contributed by atoms with Crippen LogP contribution in [-0.2, 0) is 19.1 Å². The molecular formula is C17H28N2O4. The van der Waals surface area contributed by atoms with Gasteiger partial charge < -0.3 is 19.3 Å². The van der Waals surface area contributed by atoms with Gasteiger partial charge in [0, 0.05) is 39.9 Å². The van der Waals surface area contributed by atoms with Gasteiger partial charge in [-0.05, 0) is 45.4 Å². The van der Waals surface area contributed by atoms with E-state index in [1.54, 1.807) is 14.2 Å². The Kier molecular flexibility index (Phi) is 4.40. The van der Waals surface area contributed by atoms with Gasteiger partial charge in [-0.25, -0.2) is 0 Å². The Bertz CT molecular complexity index is 474. The van der Waals surface area contributed by atoms with Crippen molar-refractivity contribution < 1.29 is 19.1 Å². The topological polar surface area (TPSA) is 59.1 Å². The summed E-state index contributed by atoms with van der Waals surface area (Å²) in [6, 6.07) is 0.0156. The zero-order chi connectivity index (χ0) is 16.7. The first kappa shape index (κ1) is 16.7. The largest absolute Gasteiger partial charge is 0.368 e. The number of ether oxygens (including phenoxy) is 2. The Labute approximate surface area is 138 Å². The van der Waals surface area contributed by atoms with Gasteiger partial charge >= 0.3 is 0 Å². The molecule has 6 heteroatoms. The predicted molar refractivity (Wildman–Crippen MR) is 84.9 cm³/mol. The normalized spacial score (nSPS) is 28.7. The standard InChI is InChI=1S/C17H28N2O4/c1-13-12-18(14(20)16(22-2)6-4-7-16)10-11-19(13)15(21)17(23-3)8-5-9-17/h13H,4-12H2,1-3H3/t13-/m0/s1. The van der Waals surface area contributed by atoms with Crippen LogP contribution in [0.3, 0.4) is 0 Å². The second-order valence-corrected chi connectivity index (χ2v) is 7.20. The molecule has 1 heterocycles. The van der Waals surface area contributed by atoms with Crippen molar-refractivity contribution in [3.8, 4) is 0 Å². The number of hydrogen-bond donors (Lipinski definition) is 0. The number of piperazine rings is 1. The molecule has 2 saturated carbocycles. The molecule has 2 aliphatic carbocycles. The Morgan fingerprint density at radius 2 is 1.43 bits per heavy atom. The fourth-order valence-corrected chi connectivity index (χ4v) is 4.00. The lowest BCUT2D eigenvalue weighted by molar-refractivity contribution is -0.177. The molecule has 0 unspecified atom stereocenters. The van der Waals surface area contributed by atoms with Gasteiger partial charge in [-0.3, -0.25) is 9.59 Å². The summed E-state index contributed by atoms with van der Waals surface area (Å²) in [7, 11) is 3.25. The maximum Gasteiger partial charge on any atom is 0.255 e. The Hall–Kier alpha value is -1.14. The molecule has 3 fully saturated rings. The van der Waals surface area contributed by atoms with Crippen LogP contribution in [0.15, 0.2) is 0 Å². The van der Waals surface area contributed by atoms with Crippen LogP contribution in [0.2, 0.25) is 0 Å². The zero-order valence-electron chi connectivity index (χ0n) is 14.5. The maximum atomic E-state index is 12.8. The quantitative estimate of drug-likeness (QED) is 0.779. The van der Waals surface area contributed by atoms with Crippen molar-refractivity contribution in [1.82, 2.24) is 9.80 Å². The van der Waals surface area contributed by atoms with E-state index in [0.717, 1.165) is 38.5 Å². The van der Waals surface area contributed by atoms with Crippen LogP contribution >= 0.6 is 0 Å². The van der Waals surface area contributed by atoms with Gasteiger partial charge in [-0.15, -0.1) is 0 Å². The van der Waals surface area contributed by atoms with Crippen molar-refractivity contribution in [2.24, 2.45) is 0 Å². The molecule has 23 heavy (non-hydrogen) atoms. The van der Waals surface area contributed by atoms with Crippen molar-refractivity contribution >= 4 is 11.8 Å². The minimum Gasteiger partial charge on any atom is -0.368 e. The van der Waals surface area contributed by atoms with Crippen molar-refractivity contribution in [2.75, 3.05) is 33.9 Å². The average Bonchev–Trinajstić information content (AvgIpc) is 2.45. The number of carbonyl (C=O) groups excluding carboxylic acids is 2. The molecule has 0 aromatic rings. The Balaban J connectivity index is 1.63. The molecule has 0 N–H and O–H groups in total. The van der Waals surface area contributed by atoms with E-state index in [2.05, 4.69) is 0 Å². The summed E-state index contributed by atoms with van der Waals surface area (Å²) < 4.78 is 11.0. The van der Waals surface area contributed by atoms with Gasteiger partial charge in [-0.2, -0.15) is 0 Å². The van der Waals surface area contributed by atoms with Crippen LogP contribution in [0.4, 0.5) is 0 Å². The molecule has 3 rings (SSSR count). The molecule has 0 spiro atoms. The molecule has 0 bridgehead atoms. The minimum atomic E-state index is -0.609.